The molecule has 0 amide bonds. The van der Waals surface area contributed by atoms with Crippen molar-refractivity contribution in [2.45, 2.75) is 38.2 Å². The average Bonchev–Trinajstić information content (AvgIpc) is 3.26. The molecule has 4 aromatic heterocycles. The third-order valence-corrected chi connectivity index (χ3v) is 8.29. The summed E-state index contributed by atoms with van der Waals surface area (Å²) in [6.07, 6.45) is 5.20. The summed E-state index contributed by atoms with van der Waals surface area (Å²) in [7, 11) is 1.87. The maximum absolute atomic E-state index is 13.7. The van der Waals surface area contributed by atoms with Gasteiger partial charge in [-0.1, -0.05) is 35.5 Å². The molecule has 2 atom stereocenters. The largest absolute Gasteiger partial charge is 0.477 e. The molecule has 0 radical (unpaired) electrons. The molecule has 1 saturated heterocycles. The van der Waals surface area contributed by atoms with Crippen LogP contribution in [0.2, 0.25) is 0 Å². The molecule has 5 aromatic rings. The number of aromatic nitrogens is 6. The molecule has 40 heavy (non-hydrogen) atoms. The number of halogens is 2. The molecule has 10 heteroatoms. The zero-order valence-electron chi connectivity index (χ0n) is 22.4. The summed E-state index contributed by atoms with van der Waals surface area (Å²) in [5.74, 6) is -2.79. The van der Waals surface area contributed by atoms with Crippen molar-refractivity contribution in [3.63, 3.8) is 0 Å². The Morgan fingerprint density at radius 2 is 1.88 bits per heavy atom. The quantitative estimate of drug-likeness (QED) is 0.260. The van der Waals surface area contributed by atoms with Gasteiger partial charge in [-0.25, -0.2) is 18.4 Å². The van der Waals surface area contributed by atoms with Crippen molar-refractivity contribution in [3.8, 4) is 17.1 Å². The maximum Gasteiger partial charge on any atom is 0.255 e. The molecule has 2 fully saturated rings. The van der Waals surface area contributed by atoms with Gasteiger partial charge in [0.2, 0.25) is 5.88 Å². The predicted molar refractivity (Wildman–Crippen MR) is 146 cm³/mol. The van der Waals surface area contributed by atoms with Crippen molar-refractivity contribution < 1.29 is 18.3 Å². The van der Waals surface area contributed by atoms with E-state index in [1.807, 2.05) is 32.3 Å². The van der Waals surface area contributed by atoms with E-state index in [2.05, 4.69) is 50.2 Å². The molecule has 7 rings (SSSR count). The standard InChI is InChI=1S/C30H30F2N6O2/c1-18-27(37(2)36-35-18)21-14-24-26(34-16-21)25-23(8-11-33-29(25)40-17-22-15-30(22,31)32)38(24)28(19-6-4-3-5-7-19)20-9-12-39-13-10-20/h3-8,11,14,16,20,22,28H,9-10,12-13,15,17H2,1-2H3/t22?,28-/m1/s1. The van der Waals surface area contributed by atoms with Crippen molar-refractivity contribution in [2.24, 2.45) is 18.9 Å². The topological polar surface area (TPSA) is 79.9 Å². The Labute approximate surface area is 229 Å². The van der Waals surface area contributed by atoms with E-state index in [1.54, 1.807) is 10.9 Å². The molecular formula is C30H30F2N6O2. The van der Waals surface area contributed by atoms with Gasteiger partial charge in [-0.3, -0.25) is 4.98 Å². The number of benzene rings is 1. The van der Waals surface area contributed by atoms with Crippen molar-refractivity contribution >= 4 is 21.9 Å². The molecule has 1 aliphatic heterocycles. The fraction of sp³-hybridized carbons (Fsp3) is 0.400. The van der Waals surface area contributed by atoms with Gasteiger partial charge in [0, 0.05) is 44.6 Å². The molecule has 1 aromatic carbocycles. The van der Waals surface area contributed by atoms with Gasteiger partial charge in [0.1, 0.15) is 5.52 Å². The third-order valence-electron chi connectivity index (χ3n) is 8.29. The summed E-state index contributed by atoms with van der Waals surface area (Å²) in [5, 5.41) is 9.17. The van der Waals surface area contributed by atoms with E-state index in [9.17, 15) is 8.78 Å². The SMILES string of the molecule is Cc1nnn(C)c1-c1cnc2c3c(OCC4CC4(F)F)nccc3n([C@H](c3ccccc3)C3CCOCC3)c2c1. The highest BCUT2D eigenvalue weighted by Gasteiger charge is 2.57. The number of alkyl halides is 2. The first-order chi connectivity index (χ1) is 19.4. The van der Waals surface area contributed by atoms with Crippen LogP contribution < -0.4 is 4.74 Å². The molecule has 1 aliphatic carbocycles. The number of ether oxygens (including phenoxy) is 2. The molecule has 1 saturated carbocycles. The molecule has 5 heterocycles. The molecule has 0 spiro atoms. The number of aryl methyl sites for hydroxylation is 2. The number of nitrogens with zero attached hydrogens (tertiary/aromatic N) is 6. The second kappa shape index (κ2) is 9.62. The van der Waals surface area contributed by atoms with Crippen molar-refractivity contribution in [3.05, 3.63) is 66.1 Å². The highest BCUT2D eigenvalue weighted by atomic mass is 19.3. The highest BCUT2D eigenvalue weighted by molar-refractivity contribution is 6.09. The van der Waals surface area contributed by atoms with Gasteiger partial charge in [-0.2, -0.15) is 0 Å². The number of hydrogen-bond donors (Lipinski definition) is 0. The van der Waals surface area contributed by atoms with Crippen molar-refractivity contribution in [1.82, 2.24) is 29.5 Å². The van der Waals surface area contributed by atoms with Crippen LogP contribution in [0.25, 0.3) is 33.2 Å². The van der Waals surface area contributed by atoms with Crippen molar-refractivity contribution in [2.75, 3.05) is 19.8 Å². The lowest BCUT2D eigenvalue weighted by Gasteiger charge is -2.33. The van der Waals surface area contributed by atoms with Gasteiger partial charge in [-0.15, -0.1) is 5.10 Å². The third kappa shape index (κ3) is 4.21. The van der Waals surface area contributed by atoms with E-state index in [0.29, 0.717) is 25.0 Å². The lowest BCUT2D eigenvalue weighted by Crippen LogP contribution is -2.26. The summed E-state index contributed by atoms with van der Waals surface area (Å²) in [4.78, 5) is 9.44. The van der Waals surface area contributed by atoms with Crippen molar-refractivity contribution in [1.29, 1.82) is 0 Å². The Morgan fingerprint density at radius 3 is 2.58 bits per heavy atom. The Morgan fingerprint density at radius 1 is 1.10 bits per heavy atom. The Kier molecular flexibility index (Phi) is 6.03. The minimum Gasteiger partial charge on any atom is -0.477 e. The first kappa shape index (κ1) is 25.1. The van der Waals surface area contributed by atoms with Crippen LogP contribution in [0, 0.1) is 18.8 Å². The molecular weight excluding hydrogens is 514 g/mol. The molecule has 206 valence electrons. The second-order valence-electron chi connectivity index (χ2n) is 10.9. The summed E-state index contributed by atoms with van der Waals surface area (Å²) >= 11 is 0. The fourth-order valence-corrected chi connectivity index (χ4v) is 6.15. The normalized spacial score (nSPS) is 19.8. The fourth-order valence-electron chi connectivity index (χ4n) is 6.15. The summed E-state index contributed by atoms with van der Waals surface area (Å²) in [5.41, 5.74) is 6.34. The summed E-state index contributed by atoms with van der Waals surface area (Å²) < 4.78 is 43.2. The summed E-state index contributed by atoms with van der Waals surface area (Å²) in [6.45, 7) is 3.27. The van der Waals surface area contributed by atoms with Gasteiger partial charge >= 0.3 is 0 Å². The van der Waals surface area contributed by atoms with E-state index in [4.69, 9.17) is 14.5 Å². The monoisotopic (exact) mass is 544 g/mol. The van der Waals surface area contributed by atoms with Crippen LogP contribution in [0.3, 0.4) is 0 Å². The summed E-state index contributed by atoms with van der Waals surface area (Å²) in [6, 6.07) is 14.6. The number of hydrogen-bond acceptors (Lipinski definition) is 6. The minimum atomic E-state index is -2.66. The zero-order chi connectivity index (χ0) is 27.4. The van der Waals surface area contributed by atoms with Crippen LogP contribution in [0.15, 0.2) is 54.9 Å². The first-order valence-corrected chi connectivity index (χ1v) is 13.7. The van der Waals surface area contributed by atoms with Gasteiger partial charge in [0.25, 0.3) is 5.92 Å². The molecule has 0 N–H and O–H groups in total. The van der Waals surface area contributed by atoms with Gasteiger partial charge < -0.3 is 14.0 Å². The first-order valence-electron chi connectivity index (χ1n) is 13.7. The molecule has 2 aliphatic rings. The van der Waals surface area contributed by atoms with E-state index >= 15 is 0 Å². The number of pyridine rings is 2. The van der Waals surface area contributed by atoms with Crippen LogP contribution in [0.4, 0.5) is 8.78 Å². The van der Waals surface area contributed by atoms with Crippen LogP contribution >= 0.6 is 0 Å². The molecule has 8 nitrogen and oxygen atoms in total. The molecule has 0 bridgehead atoms. The Bertz CT molecular complexity index is 1670. The van der Waals surface area contributed by atoms with E-state index in [1.165, 1.54) is 5.56 Å². The second-order valence-corrected chi connectivity index (χ2v) is 10.9. The van der Waals surface area contributed by atoms with Gasteiger partial charge in [-0.05, 0) is 43.4 Å². The van der Waals surface area contributed by atoms with Gasteiger partial charge in [0.05, 0.1) is 46.4 Å². The number of fused-ring (bicyclic) bond motifs is 3. The Balaban J connectivity index is 1.47. The van der Waals surface area contributed by atoms with E-state index in [0.717, 1.165) is 51.7 Å². The van der Waals surface area contributed by atoms with Crippen LogP contribution in [-0.4, -0.2) is 55.3 Å². The van der Waals surface area contributed by atoms with Crippen LogP contribution in [0.5, 0.6) is 5.88 Å². The van der Waals surface area contributed by atoms with Gasteiger partial charge in [0.15, 0.2) is 0 Å². The predicted octanol–water partition coefficient (Wildman–Crippen LogP) is 5.74. The minimum absolute atomic E-state index is 0.00377. The van der Waals surface area contributed by atoms with E-state index in [-0.39, 0.29) is 19.1 Å². The smallest absolute Gasteiger partial charge is 0.255 e. The maximum atomic E-state index is 13.7. The van der Waals surface area contributed by atoms with Crippen LogP contribution in [0.1, 0.15) is 36.6 Å². The van der Waals surface area contributed by atoms with Crippen LogP contribution in [-0.2, 0) is 11.8 Å². The molecule has 1 unspecified atom stereocenters. The lowest BCUT2D eigenvalue weighted by molar-refractivity contribution is 0.0552. The Hall–Kier alpha value is -3.92. The zero-order valence-corrected chi connectivity index (χ0v) is 22.4. The van der Waals surface area contributed by atoms with E-state index < -0.39 is 11.8 Å². The number of rotatable bonds is 7. The average molecular weight is 545 g/mol. The highest BCUT2D eigenvalue weighted by Crippen LogP contribution is 2.49. The lowest BCUT2D eigenvalue weighted by atomic mass is 9.86.